The Morgan fingerprint density at radius 1 is 0.559 bits per heavy atom. The van der Waals surface area contributed by atoms with Gasteiger partial charge in [0.15, 0.2) is 13.2 Å². The molecular formula is C48H48N4O7. The second kappa shape index (κ2) is 21.0. The summed E-state index contributed by atoms with van der Waals surface area (Å²) in [5.74, 6) is 0.300. The second-order valence-corrected chi connectivity index (χ2v) is 13.5. The zero-order chi connectivity index (χ0) is 41.3. The molecule has 0 atom stereocenters. The highest BCUT2D eigenvalue weighted by atomic mass is 16.5. The third kappa shape index (κ3) is 11.3. The van der Waals surface area contributed by atoms with Crippen LogP contribution < -0.4 is 35.9 Å². The number of carbonyl (C=O) groups is 3. The van der Waals surface area contributed by atoms with Gasteiger partial charge in [-0.2, -0.15) is 0 Å². The summed E-state index contributed by atoms with van der Waals surface area (Å²) in [6.07, 6.45) is 0. The largest absolute Gasteiger partial charge is 0.497 e. The fourth-order valence-electron chi connectivity index (χ4n) is 6.63. The van der Waals surface area contributed by atoms with E-state index in [2.05, 4.69) is 40.2 Å². The number of hydrogen-bond donors (Lipinski definition) is 4. The van der Waals surface area contributed by atoms with Crippen LogP contribution in [0.2, 0.25) is 0 Å². The van der Waals surface area contributed by atoms with Crippen molar-refractivity contribution in [2.45, 2.75) is 12.1 Å². The van der Waals surface area contributed by atoms with Gasteiger partial charge in [0.1, 0.15) is 23.9 Å². The van der Waals surface area contributed by atoms with Gasteiger partial charge in [-0.05, 0) is 75.8 Å². The van der Waals surface area contributed by atoms with Gasteiger partial charge < -0.3 is 35.3 Å². The number of rotatable bonds is 20. The van der Waals surface area contributed by atoms with Crippen LogP contribution >= 0.6 is 0 Å². The molecule has 6 rings (SSSR count). The summed E-state index contributed by atoms with van der Waals surface area (Å²) in [5.41, 5.74) is 10.2. The monoisotopic (exact) mass is 792 g/mol. The van der Waals surface area contributed by atoms with Gasteiger partial charge in [0.2, 0.25) is 0 Å². The number of esters is 1. The Balaban J connectivity index is 1.16. The molecular weight excluding hydrogens is 745 g/mol. The van der Waals surface area contributed by atoms with Crippen molar-refractivity contribution in [3.05, 3.63) is 186 Å². The van der Waals surface area contributed by atoms with Crippen molar-refractivity contribution in [2.75, 3.05) is 46.5 Å². The highest BCUT2D eigenvalue weighted by molar-refractivity contribution is 5.92. The zero-order valence-electron chi connectivity index (χ0n) is 32.9. The van der Waals surface area contributed by atoms with E-state index in [9.17, 15) is 14.4 Å². The number of benzene rings is 6. The summed E-state index contributed by atoms with van der Waals surface area (Å²) in [4.78, 5) is 38.7. The van der Waals surface area contributed by atoms with Crippen molar-refractivity contribution in [1.82, 2.24) is 16.0 Å². The van der Waals surface area contributed by atoms with Crippen LogP contribution in [-0.4, -0.2) is 64.3 Å². The third-order valence-corrected chi connectivity index (χ3v) is 9.50. The topological polar surface area (TPSA) is 150 Å². The standard InChI is InChI=1S/C48H48N4O7/c1-56-42-22-20-41(21-23-42)48(39-15-7-3-8-16-39,40-17-9-4-10-18-40)52-27-26-51-46(54)34-58-44-30-37(28-38(31-44)47(55)59-32-35-12-5-2-6-13-35)36-14-11-19-43(29-36)57-33-45(53)50-25-24-49/h2-23,28-31,52H,24-27,32-34,49H2,1H3,(H,50,53)(H,51,54). The first-order valence-electron chi connectivity index (χ1n) is 19.3. The average Bonchev–Trinajstić information content (AvgIpc) is 3.29. The average molecular weight is 793 g/mol. The Bertz CT molecular complexity index is 2230. The van der Waals surface area contributed by atoms with E-state index in [4.69, 9.17) is 24.7 Å². The van der Waals surface area contributed by atoms with Crippen LogP contribution in [0.1, 0.15) is 32.6 Å². The molecule has 0 aliphatic rings. The van der Waals surface area contributed by atoms with E-state index in [0.29, 0.717) is 48.8 Å². The van der Waals surface area contributed by atoms with E-state index >= 15 is 0 Å². The summed E-state index contributed by atoms with van der Waals surface area (Å²) in [5, 5.41) is 9.40. The van der Waals surface area contributed by atoms with Gasteiger partial charge in [-0.1, -0.05) is 115 Å². The summed E-state index contributed by atoms with van der Waals surface area (Å²) in [6.45, 7) is 0.986. The first kappa shape index (κ1) is 41.7. The maximum absolute atomic E-state index is 13.4. The lowest BCUT2D eigenvalue weighted by molar-refractivity contribution is -0.123. The van der Waals surface area contributed by atoms with Crippen LogP contribution in [0.15, 0.2) is 158 Å². The molecule has 6 aromatic carbocycles. The summed E-state index contributed by atoms with van der Waals surface area (Å²) in [7, 11) is 1.64. The number of nitrogens with one attached hydrogen (secondary N) is 3. The molecule has 0 unspecified atom stereocenters. The van der Waals surface area contributed by atoms with Crippen LogP contribution in [-0.2, 0) is 26.5 Å². The Morgan fingerprint density at radius 2 is 1.14 bits per heavy atom. The van der Waals surface area contributed by atoms with Crippen molar-refractivity contribution in [2.24, 2.45) is 5.73 Å². The maximum Gasteiger partial charge on any atom is 0.338 e. The molecule has 11 nitrogen and oxygen atoms in total. The number of hydrogen-bond acceptors (Lipinski definition) is 9. The Labute approximate surface area is 344 Å². The van der Waals surface area contributed by atoms with Crippen LogP contribution in [0, 0.1) is 0 Å². The highest BCUT2D eigenvalue weighted by Gasteiger charge is 2.35. The minimum Gasteiger partial charge on any atom is -0.497 e. The zero-order valence-corrected chi connectivity index (χ0v) is 32.9. The Morgan fingerprint density at radius 3 is 1.76 bits per heavy atom. The minimum atomic E-state index is -0.735. The molecule has 0 saturated heterocycles. The van der Waals surface area contributed by atoms with E-state index in [1.54, 1.807) is 43.5 Å². The molecule has 0 saturated carbocycles. The van der Waals surface area contributed by atoms with Crippen LogP contribution in [0.25, 0.3) is 11.1 Å². The third-order valence-electron chi connectivity index (χ3n) is 9.50. The molecule has 0 bridgehead atoms. The Kier molecular flexibility index (Phi) is 14.8. The van der Waals surface area contributed by atoms with Crippen molar-refractivity contribution in [3.63, 3.8) is 0 Å². The first-order valence-corrected chi connectivity index (χ1v) is 19.3. The molecule has 2 amide bonds. The molecule has 0 aliphatic carbocycles. The minimum absolute atomic E-state index is 0.0837. The molecule has 0 aromatic heterocycles. The lowest BCUT2D eigenvalue weighted by atomic mass is 9.77. The summed E-state index contributed by atoms with van der Waals surface area (Å²) >= 11 is 0. The SMILES string of the molecule is COc1ccc(C(NCCNC(=O)COc2cc(C(=O)OCc3ccccc3)cc(-c3cccc(OCC(=O)NCCN)c3)c2)(c2ccccc2)c2ccccc2)cc1. The summed E-state index contributed by atoms with van der Waals surface area (Å²) in [6, 6.07) is 49.8. The molecule has 5 N–H and O–H groups in total. The normalized spacial score (nSPS) is 10.9. The number of ether oxygens (including phenoxy) is 4. The van der Waals surface area contributed by atoms with E-state index in [1.165, 1.54) is 0 Å². The molecule has 6 aromatic rings. The fourth-order valence-corrected chi connectivity index (χ4v) is 6.63. The van der Waals surface area contributed by atoms with E-state index in [1.807, 2.05) is 97.1 Å². The number of methoxy groups -OCH3 is 1. The van der Waals surface area contributed by atoms with Gasteiger partial charge >= 0.3 is 5.97 Å². The second-order valence-electron chi connectivity index (χ2n) is 13.5. The van der Waals surface area contributed by atoms with E-state index < -0.39 is 11.5 Å². The molecule has 0 heterocycles. The predicted octanol–water partition coefficient (Wildman–Crippen LogP) is 6.25. The van der Waals surface area contributed by atoms with Gasteiger partial charge in [-0.15, -0.1) is 0 Å². The van der Waals surface area contributed by atoms with Crippen LogP contribution in [0.5, 0.6) is 17.2 Å². The molecule has 0 radical (unpaired) electrons. The molecule has 302 valence electrons. The van der Waals surface area contributed by atoms with E-state index in [-0.39, 0.29) is 37.2 Å². The van der Waals surface area contributed by atoms with Crippen LogP contribution in [0.3, 0.4) is 0 Å². The number of amides is 2. The molecule has 11 heteroatoms. The van der Waals surface area contributed by atoms with Gasteiger partial charge in [0.25, 0.3) is 11.8 Å². The fraction of sp³-hybridized carbons (Fsp3) is 0.188. The quantitative estimate of drug-likeness (QED) is 0.0400. The van der Waals surface area contributed by atoms with Crippen molar-refractivity contribution in [1.29, 1.82) is 0 Å². The summed E-state index contributed by atoms with van der Waals surface area (Å²) < 4.78 is 22.8. The van der Waals surface area contributed by atoms with Gasteiger partial charge in [-0.3, -0.25) is 14.9 Å². The van der Waals surface area contributed by atoms with Gasteiger partial charge in [-0.25, -0.2) is 4.79 Å². The maximum atomic E-state index is 13.4. The number of nitrogens with two attached hydrogens (primary N) is 1. The predicted molar refractivity (Wildman–Crippen MR) is 227 cm³/mol. The molecule has 0 spiro atoms. The molecule has 59 heavy (non-hydrogen) atoms. The van der Waals surface area contributed by atoms with Gasteiger partial charge in [0, 0.05) is 26.2 Å². The lowest BCUT2D eigenvalue weighted by Crippen LogP contribution is -2.47. The highest BCUT2D eigenvalue weighted by Crippen LogP contribution is 2.37. The van der Waals surface area contributed by atoms with Crippen molar-refractivity contribution in [3.8, 4) is 28.4 Å². The van der Waals surface area contributed by atoms with E-state index in [0.717, 1.165) is 28.0 Å². The van der Waals surface area contributed by atoms with Crippen molar-refractivity contribution < 1.29 is 33.3 Å². The Hall–Kier alpha value is -6.95. The smallest absolute Gasteiger partial charge is 0.338 e. The lowest BCUT2D eigenvalue weighted by Gasteiger charge is -2.37. The van der Waals surface area contributed by atoms with Gasteiger partial charge in [0.05, 0.1) is 18.2 Å². The van der Waals surface area contributed by atoms with Crippen LogP contribution in [0.4, 0.5) is 0 Å². The first-order chi connectivity index (χ1) is 28.9. The van der Waals surface area contributed by atoms with Crippen molar-refractivity contribution >= 4 is 17.8 Å². The number of carbonyl (C=O) groups excluding carboxylic acids is 3. The molecule has 0 fully saturated rings. The molecule has 0 aliphatic heterocycles.